The summed E-state index contributed by atoms with van der Waals surface area (Å²) in [5, 5.41) is 5.26. The Kier molecular flexibility index (Phi) is 5.99. The first-order chi connectivity index (χ1) is 14.5. The fraction of sp³-hybridized carbons (Fsp3) is 0.478. The minimum Gasteiger partial charge on any atom is -0.493 e. The first-order valence-electron chi connectivity index (χ1n) is 10.4. The van der Waals surface area contributed by atoms with Crippen molar-refractivity contribution in [1.82, 2.24) is 10.2 Å². The van der Waals surface area contributed by atoms with E-state index in [0.717, 1.165) is 30.6 Å². The Hall–Kier alpha value is -2.54. The van der Waals surface area contributed by atoms with Gasteiger partial charge in [0.05, 0.1) is 26.2 Å². The maximum Gasteiger partial charge on any atom is 0.254 e. The minimum absolute atomic E-state index is 0.0341. The van der Waals surface area contributed by atoms with Crippen molar-refractivity contribution in [2.45, 2.75) is 50.1 Å². The van der Waals surface area contributed by atoms with E-state index >= 15 is 0 Å². The summed E-state index contributed by atoms with van der Waals surface area (Å²) in [5.41, 5.74) is 1.19. The van der Waals surface area contributed by atoms with Crippen LogP contribution in [0.15, 0.2) is 29.6 Å². The molecule has 1 fully saturated rings. The van der Waals surface area contributed by atoms with E-state index in [-0.39, 0.29) is 23.9 Å². The van der Waals surface area contributed by atoms with E-state index in [1.54, 1.807) is 49.6 Å². The first-order valence-corrected chi connectivity index (χ1v) is 11.3. The van der Waals surface area contributed by atoms with Gasteiger partial charge in [-0.15, -0.1) is 11.3 Å². The van der Waals surface area contributed by atoms with Gasteiger partial charge in [-0.3, -0.25) is 9.59 Å². The van der Waals surface area contributed by atoms with E-state index in [2.05, 4.69) is 5.32 Å². The van der Waals surface area contributed by atoms with Gasteiger partial charge >= 0.3 is 0 Å². The van der Waals surface area contributed by atoms with Crippen molar-refractivity contribution in [1.29, 1.82) is 0 Å². The summed E-state index contributed by atoms with van der Waals surface area (Å²) < 4.78 is 10.9. The molecule has 1 aromatic carbocycles. The zero-order chi connectivity index (χ0) is 21.3. The molecule has 7 heteroatoms. The Balaban J connectivity index is 1.80. The summed E-state index contributed by atoms with van der Waals surface area (Å²) in [6, 6.07) is 7.28. The van der Waals surface area contributed by atoms with Crippen LogP contribution in [0.1, 0.15) is 64.9 Å². The predicted molar refractivity (Wildman–Crippen MR) is 116 cm³/mol. The predicted octanol–water partition coefficient (Wildman–Crippen LogP) is 4.12. The van der Waals surface area contributed by atoms with Gasteiger partial charge in [-0.05, 0) is 42.0 Å². The van der Waals surface area contributed by atoms with Crippen LogP contribution in [0.25, 0.3) is 0 Å². The molecule has 2 heterocycles. The fourth-order valence-electron chi connectivity index (χ4n) is 4.68. The number of carbonyl (C=O) groups excluding carboxylic acids is 2. The van der Waals surface area contributed by atoms with Gasteiger partial charge in [-0.1, -0.05) is 25.3 Å². The van der Waals surface area contributed by atoms with Crippen molar-refractivity contribution < 1.29 is 19.1 Å². The average Bonchev–Trinajstić information content (AvgIpc) is 3.30. The quantitative estimate of drug-likeness (QED) is 0.778. The molecule has 2 atom stereocenters. The summed E-state index contributed by atoms with van der Waals surface area (Å²) in [6.07, 6.45) is 5.53. The molecule has 4 rings (SSSR count). The lowest BCUT2D eigenvalue weighted by Gasteiger charge is -2.40. The number of rotatable bonds is 5. The molecule has 0 spiro atoms. The van der Waals surface area contributed by atoms with Crippen LogP contribution < -0.4 is 14.8 Å². The second kappa shape index (κ2) is 8.68. The lowest BCUT2D eigenvalue weighted by atomic mass is 9.81. The zero-order valence-electron chi connectivity index (χ0n) is 17.6. The Morgan fingerprint density at radius 2 is 1.83 bits per heavy atom. The molecule has 0 radical (unpaired) electrons. The van der Waals surface area contributed by atoms with E-state index in [1.165, 1.54) is 6.42 Å². The summed E-state index contributed by atoms with van der Waals surface area (Å²) in [4.78, 5) is 29.6. The first kappa shape index (κ1) is 20.7. The summed E-state index contributed by atoms with van der Waals surface area (Å²) >= 11 is 1.56. The third kappa shape index (κ3) is 3.67. The number of methoxy groups -OCH3 is 2. The SMILES string of the molecule is COc1cc2c(cc1OC)[C@H](C(=O)NC1CCCCC1)[C@@H](c1cccs1)N(C)C2=O. The molecule has 1 saturated carbocycles. The molecule has 0 saturated heterocycles. The van der Waals surface area contributed by atoms with Crippen LogP contribution in [-0.4, -0.2) is 44.0 Å². The number of carbonyl (C=O) groups is 2. The van der Waals surface area contributed by atoms with Gasteiger partial charge < -0.3 is 19.7 Å². The highest BCUT2D eigenvalue weighted by atomic mass is 32.1. The Bertz CT molecular complexity index is 922. The van der Waals surface area contributed by atoms with Crippen molar-refractivity contribution in [2.24, 2.45) is 0 Å². The van der Waals surface area contributed by atoms with Gasteiger partial charge in [0.15, 0.2) is 11.5 Å². The van der Waals surface area contributed by atoms with Crippen molar-refractivity contribution in [3.8, 4) is 11.5 Å². The third-order valence-corrected chi connectivity index (χ3v) is 7.19. The highest BCUT2D eigenvalue weighted by Gasteiger charge is 2.44. The van der Waals surface area contributed by atoms with Crippen LogP contribution in [-0.2, 0) is 4.79 Å². The van der Waals surface area contributed by atoms with Crippen molar-refractivity contribution in [2.75, 3.05) is 21.3 Å². The number of nitrogens with zero attached hydrogens (tertiary/aromatic N) is 1. The number of benzene rings is 1. The molecule has 2 aromatic rings. The van der Waals surface area contributed by atoms with Gasteiger partial charge in [-0.25, -0.2) is 0 Å². The van der Waals surface area contributed by atoms with Gasteiger partial charge in [0.25, 0.3) is 5.91 Å². The molecule has 1 N–H and O–H groups in total. The smallest absolute Gasteiger partial charge is 0.254 e. The molecule has 2 amide bonds. The van der Waals surface area contributed by atoms with Gasteiger partial charge in [0, 0.05) is 23.5 Å². The molecule has 0 unspecified atom stereocenters. The Labute approximate surface area is 181 Å². The molecule has 0 bridgehead atoms. The van der Waals surface area contributed by atoms with E-state index in [1.807, 2.05) is 17.5 Å². The van der Waals surface area contributed by atoms with Crippen molar-refractivity contribution in [3.05, 3.63) is 45.6 Å². The molecule has 1 aliphatic heterocycles. The molecular formula is C23H28N2O4S. The average molecular weight is 429 g/mol. The number of hydrogen-bond donors (Lipinski definition) is 1. The summed E-state index contributed by atoms with van der Waals surface area (Å²) in [7, 11) is 4.88. The number of hydrogen-bond acceptors (Lipinski definition) is 5. The summed E-state index contributed by atoms with van der Waals surface area (Å²) in [6.45, 7) is 0. The largest absolute Gasteiger partial charge is 0.493 e. The van der Waals surface area contributed by atoms with Crippen LogP contribution in [0.4, 0.5) is 0 Å². The van der Waals surface area contributed by atoms with Crippen LogP contribution in [0.5, 0.6) is 11.5 Å². The van der Waals surface area contributed by atoms with E-state index in [0.29, 0.717) is 22.6 Å². The van der Waals surface area contributed by atoms with Gasteiger partial charge in [0.2, 0.25) is 5.91 Å². The van der Waals surface area contributed by atoms with Crippen LogP contribution >= 0.6 is 11.3 Å². The number of nitrogens with one attached hydrogen (secondary N) is 1. The lowest BCUT2D eigenvalue weighted by molar-refractivity contribution is -0.125. The zero-order valence-corrected chi connectivity index (χ0v) is 18.5. The third-order valence-electron chi connectivity index (χ3n) is 6.24. The Morgan fingerprint density at radius 3 is 2.47 bits per heavy atom. The second-order valence-electron chi connectivity index (χ2n) is 7.99. The number of thiophene rings is 1. The highest BCUT2D eigenvalue weighted by molar-refractivity contribution is 7.10. The van der Waals surface area contributed by atoms with Crippen LogP contribution in [0.2, 0.25) is 0 Å². The molecule has 1 aromatic heterocycles. The van der Waals surface area contributed by atoms with E-state index in [4.69, 9.17) is 9.47 Å². The normalized spacial score (nSPS) is 21.8. The summed E-state index contributed by atoms with van der Waals surface area (Å²) in [5.74, 6) is 0.343. The number of amides is 2. The number of ether oxygens (including phenoxy) is 2. The van der Waals surface area contributed by atoms with Crippen molar-refractivity contribution >= 4 is 23.2 Å². The maximum absolute atomic E-state index is 13.6. The topological polar surface area (TPSA) is 67.9 Å². The monoisotopic (exact) mass is 428 g/mol. The number of likely N-dealkylation sites (N-methyl/N-ethyl adjacent to an activating group) is 1. The molecule has 1 aliphatic carbocycles. The Morgan fingerprint density at radius 1 is 1.13 bits per heavy atom. The van der Waals surface area contributed by atoms with Gasteiger partial charge in [0.1, 0.15) is 0 Å². The maximum atomic E-state index is 13.6. The second-order valence-corrected chi connectivity index (χ2v) is 8.97. The standard InChI is InChI=1S/C23H28N2O4S/c1-25-21(19-10-7-11-30-19)20(22(26)24-14-8-5-4-6-9-14)15-12-17(28-2)18(29-3)13-16(15)23(25)27/h7,10-14,20-21H,4-6,8-9H2,1-3H3,(H,24,26)/t20-,21+/m0/s1. The number of fused-ring (bicyclic) bond motifs is 1. The minimum atomic E-state index is -0.511. The highest BCUT2D eigenvalue weighted by Crippen LogP contribution is 2.46. The molecule has 2 aliphatic rings. The van der Waals surface area contributed by atoms with Crippen molar-refractivity contribution in [3.63, 3.8) is 0 Å². The molecule has 30 heavy (non-hydrogen) atoms. The lowest BCUT2D eigenvalue weighted by Crippen LogP contribution is -2.47. The fourth-order valence-corrected chi connectivity index (χ4v) is 5.59. The molecule has 6 nitrogen and oxygen atoms in total. The molecule has 160 valence electrons. The van der Waals surface area contributed by atoms with Crippen LogP contribution in [0.3, 0.4) is 0 Å². The van der Waals surface area contributed by atoms with E-state index in [9.17, 15) is 9.59 Å². The van der Waals surface area contributed by atoms with Crippen LogP contribution in [0, 0.1) is 0 Å². The van der Waals surface area contributed by atoms with E-state index < -0.39 is 5.92 Å². The molecular weight excluding hydrogens is 400 g/mol. The van der Waals surface area contributed by atoms with Gasteiger partial charge in [-0.2, -0.15) is 0 Å².